The summed E-state index contributed by atoms with van der Waals surface area (Å²) in [5, 5.41) is 5.48. The van der Waals surface area contributed by atoms with Gasteiger partial charge in [-0.25, -0.2) is 0 Å². The van der Waals surface area contributed by atoms with Crippen LogP contribution in [0, 0.1) is 5.92 Å². The van der Waals surface area contributed by atoms with Gasteiger partial charge in [0.05, 0.1) is 0 Å². The van der Waals surface area contributed by atoms with Gasteiger partial charge in [0.15, 0.2) is 0 Å². The first-order valence-electron chi connectivity index (χ1n) is 6.65. The molecule has 3 heteroatoms. The molecule has 1 saturated carbocycles. The van der Waals surface area contributed by atoms with Gasteiger partial charge in [-0.05, 0) is 50.7 Å². The molecule has 96 valence electrons. The van der Waals surface area contributed by atoms with Gasteiger partial charge in [-0.2, -0.15) is 0 Å². The quantitative estimate of drug-likeness (QED) is 0.802. The molecule has 1 aromatic rings. The van der Waals surface area contributed by atoms with Crippen molar-refractivity contribution in [2.75, 3.05) is 13.6 Å². The summed E-state index contributed by atoms with van der Waals surface area (Å²) in [6.07, 6.45) is 2.78. The Labute approximate surface area is 109 Å². The molecule has 1 aliphatic rings. The monoisotopic (exact) mass is 252 g/mol. The fraction of sp³-hybridized carbons (Fsp3) is 0.714. The van der Waals surface area contributed by atoms with Crippen LogP contribution in [-0.4, -0.2) is 30.6 Å². The lowest BCUT2D eigenvalue weighted by atomic mass is 10.0. The van der Waals surface area contributed by atoms with Gasteiger partial charge in [-0.15, -0.1) is 11.3 Å². The lowest BCUT2D eigenvalue weighted by Gasteiger charge is -2.33. The minimum absolute atomic E-state index is 0.664. The normalized spacial score (nSPS) is 19.5. The Morgan fingerprint density at radius 3 is 2.76 bits per heavy atom. The second-order valence-corrected chi connectivity index (χ2v) is 6.29. The van der Waals surface area contributed by atoms with Crippen LogP contribution in [0.3, 0.4) is 0 Å². The van der Waals surface area contributed by atoms with Crippen molar-refractivity contribution in [2.45, 2.75) is 45.3 Å². The summed E-state index contributed by atoms with van der Waals surface area (Å²) in [4.78, 5) is 4.20. The lowest BCUT2D eigenvalue weighted by molar-refractivity contribution is 0.144. The summed E-state index contributed by atoms with van der Waals surface area (Å²) in [5.41, 5.74) is 0. The molecular weight excluding hydrogens is 228 g/mol. The predicted molar refractivity (Wildman–Crippen MR) is 75.4 cm³/mol. The molecule has 1 aliphatic carbocycles. The molecule has 2 nitrogen and oxygen atoms in total. The van der Waals surface area contributed by atoms with Gasteiger partial charge in [-0.1, -0.05) is 13.0 Å². The van der Waals surface area contributed by atoms with Gasteiger partial charge < -0.3 is 5.32 Å². The smallest absolute Gasteiger partial charge is 0.0333 e. The van der Waals surface area contributed by atoms with Crippen LogP contribution >= 0.6 is 11.3 Å². The van der Waals surface area contributed by atoms with E-state index in [1.807, 2.05) is 18.4 Å². The van der Waals surface area contributed by atoms with E-state index in [9.17, 15) is 0 Å². The number of hydrogen-bond acceptors (Lipinski definition) is 3. The zero-order valence-corrected chi connectivity index (χ0v) is 12.0. The molecule has 0 radical (unpaired) electrons. The van der Waals surface area contributed by atoms with E-state index in [0.29, 0.717) is 12.0 Å². The van der Waals surface area contributed by atoms with Crippen molar-refractivity contribution in [1.82, 2.24) is 10.2 Å². The topological polar surface area (TPSA) is 15.3 Å². The summed E-state index contributed by atoms with van der Waals surface area (Å²) in [6.45, 7) is 6.98. The highest BCUT2D eigenvalue weighted by atomic mass is 32.1. The van der Waals surface area contributed by atoms with Crippen molar-refractivity contribution in [3.8, 4) is 0 Å². The highest BCUT2D eigenvalue weighted by Gasteiger charge is 2.33. The zero-order valence-electron chi connectivity index (χ0n) is 11.1. The molecule has 0 spiro atoms. The lowest BCUT2D eigenvalue weighted by Crippen LogP contribution is -2.41. The Morgan fingerprint density at radius 2 is 2.24 bits per heavy atom. The maximum absolute atomic E-state index is 3.30. The van der Waals surface area contributed by atoms with E-state index in [0.717, 1.165) is 19.1 Å². The van der Waals surface area contributed by atoms with Crippen LogP contribution in [0.15, 0.2) is 17.5 Å². The summed E-state index contributed by atoms with van der Waals surface area (Å²) in [7, 11) is 2.05. The molecule has 0 saturated heterocycles. The van der Waals surface area contributed by atoms with Crippen LogP contribution in [0.4, 0.5) is 0 Å². The Morgan fingerprint density at radius 1 is 1.47 bits per heavy atom. The van der Waals surface area contributed by atoms with E-state index in [4.69, 9.17) is 0 Å². The average Bonchev–Trinajstić information content (AvgIpc) is 3.03. The van der Waals surface area contributed by atoms with E-state index >= 15 is 0 Å². The molecule has 0 aliphatic heterocycles. The second kappa shape index (κ2) is 5.98. The number of thiophene rings is 1. The minimum Gasteiger partial charge on any atom is -0.319 e. The van der Waals surface area contributed by atoms with Crippen molar-refractivity contribution in [3.63, 3.8) is 0 Å². The maximum Gasteiger partial charge on any atom is 0.0333 e. The third-order valence-corrected chi connectivity index (χ3v) is 4.67. The van der Waals surface area contributed by atoms with Crippen molar-refractivity contribution < 1.29 is 0 Å². The Balaban J connectivity index is 1.96. The highest BCUT2D eigenvalue weighted by molar-refractivity contribution is 7.09. The largest absolute Gasteiger partial charge is 0.319 e. The van der Waals surface area contributed by atoms with Crippen LogP contribution in [-0.2, 0) is 6.54 Å². The van der Waals surface area contributed by atoms with Gasteiger partial charge >= 0.3 is 0 Å². The molecule has 2 unspecified atom stereocenters. The molecule has 2 rings (SSSR count). The SMILES string of the molecule is CNCC(C)C(C)N(Cc1cccs1)C1CC1. The van der Waals surface area contributed by atoms with Gasteiger partial charge in [0.25, 0.3) is 0 Å². The van der Waals surface area contributed by atoms with Gasteiger partial charge in [0, 0.05) is 23.5 Å². The van der Waals surface area contributed by atoms with Crippen LogP contribution in [0.2, 0.25) is 0 Å². The van der Waals surface area contributed by atoms with Crippen molar-refractivity contribution in [2.24, 2.45) is 5.92 Å². The molecule has 1 heterocycles. The molecule has 17 heavy (non-hydrogen) atoms. The highest BCUT2D eigenvalue weighted by Crippen LogP contribution is 2.32. The van der Waals surface area contributed by atoms with Crippen molar-refractivity contribution in [3.05, 3.63) is 22.4 Å². The Bertz CT molecular complexity index is 319. The molecule has 2 atom stereocenters. The fourth-order valence-corrected chi connectivity index (χ4v) is 3.13. The summed E-state index contributed by atoms with van der Waals surface area (Å²) < 4.78 is 0. The van der Waals surface area contributed by atoms with Crippen LogP contribution < -0.4 is 5.32 Å². The van der Waals surface area contributed by atoms with Crippen LogP contribution in [0.5, 0.6) is 0 Å². The molecule has 1 N–H and O–H groups in total. The molecular formula is C14H24N2S. The van der Waals surface area contributed by atoms with Gasteiger partial charge in [0.2, 0.25) is 0 Å². The first-order chi connectivity index (χ1) is 8.22. The first-order valence-corrected chi connectivity index (χ1v) is 7.53. The zero-order chi connectivity index (χ0) is 12.3. The Hall–Kier alpha value is -0.380. The second-order valence-electron chi connectivity index (χ2n) is 5.26. The van der Waals surface area contributed by atoms with E-state index in [1.54, 1.807) is 0 Å². The number of nitrogens with zero attached hydrogens (tertiary/aromatic N) is 1. The molecule has 0 aromatic carbocycles. The Kier molecular flexibility index (Phi) is 4.60. The van der Waals surface area contributed by atoms with Crippen LogP contribution in [0.25, 0.3) is 0 Å². The summed E-state index contributed by atoms with van der Waals surface area (Å²) in [5.74, 6) is 0.709. The number of rotatable bonds is 7. The standard InChI is InChI=1S/C14H24N2S/c1-11(9-15-3)12(2)16(13-6-7-13)10-14-5-4-8-17-14/h4-5,8,11-13,15H,6-7,9-10H2,1-3H3. The molecule has 1 aromatic heterocycles. The number of nitrogens with one attached hydrogen (secondary N) is 1. The van der Waals surface area contributed by atoms with E-state index in [1.165, 1.54) is 17.7 Å². The minimum atomic E-state index is 0.664. The predicted octanol–water partition coefficient (Wildman–Crippen LogP) is 2.96. The van der Waals surface area contributed by atoms with Gasteiger partial charge in [-0.3, -0.25) is 4.90 Å². The van der Waals surface area contributed by atoms with Crippen LogP contribution in [0.1, 0.15) is 31.6 Å². The molecule has 0 bridgehead atoms. The van der Waals surface area contributed by atoms with Gasteiger partial charge in [0.1, 0.15) is 0 Å². The average molecular weight is 252 g/mol. The van der Waals surface area contributed by atoms with E-state index < -0.39 is 0 Å². The first kappa shape index (κ1) is 13.1. The molecule has 0 amide bonds. The van der Waals surface area contributed by atoms with Crippen molar-refractivity contribution in [1.29, 1.82) is 0 Å². The maximum atomic E-state index is 3.30. The molecule has 1 fully saturated rings. The summed E-state index contributed by atoms with van der Waals surface area (Å²) in [6, 6.07) is 5.92. The van der Waals surface area contributed by atoms with Crippen molar-refractivity contribution >= 4 is 11.3 Å². The van der Waals surface area contributed by atoms with E-state index in [2.05, 4.69) is 41.6 Å². The summed E-state index contributed by atoms with van der Waals surface area (Å²) >= 11 is 1.88. The third kappa shape index (κ3) is 3.54. The fourth-order valence-electron chi connectivity index (χ4n) is 2.41. The number of hydrogen-bond donors (Lipinski definition) is 1. The van der Waals surface area contributed by atoms with E-state index in [-0.39, 0.29) is 0 Å². The third-order valence-electron chi connectivity index (χ3n) is 3.81.